The Kier molecular flexibility index (Phi) is 5.17. The van der Waals surface area contributed by atoms with Crippen molar-refractivity contribution in [2.45, 2.75) is 49.9 Å². The molecular formula is C23H23F3N4O3. The molecule has 0 radical (unpaired) electrons. The molecule has 1 amide bonds. The summed E-state index contributed by atoms with van der Waals surface area (Å²) in [5.74, 6) is 0.0391. The van der Waals surface area contributed by atoms with Crippen LogP contribution in [0.3, 0.4) is 0 Å². The van der Waals surface area contributed by atoms with Crippen molar-refractivity contribution < 1.29 is 27.8 Å². The largest absolute Gasteiger partial charge is 0.433 e. The van der Waals surface area contributed by atoms with Gasteiger partial charge in [0, 0.05) is 37.8 Å². The normalized spacial score (nSPS) is 23.6. The first kappa shape index (κ1) is 21.8. The Balaban J connectivity index is 1.51. The van der Waals surface area contributed by atoms with Gasteiger partial charge in [-0.05, 0) is 48.4 Å². The monoisotopic (exact) mass is 460 g/mol. The van der Waals surface area contributed by atoms with Crippen LogP contribution in [0.15, 0.2) is 36.9 Å². The molecule has 7 nitrogen and oxygen atoms in total. The minimum atomic E-state index is -4.59. The Morgan fingerprint density at radius 2 is 2.03 bits per heavy atom. The predicted molar refractivity (Wildman–Crippen MR) is 112 cm³/mol. The highest BCUT2D eigenvalue weighted by atomic mass is 19.4. The third-order valence-electron chi connectivity index (χ3n) is 6.49. The molecule has 0 aromatic carbocycles. The van der Waals surface area contributed by atoms with Gasteiger partial charge in [-0.15, -0.1) is 0 Å². The van der Waals surface area contributed by atoms with Crippen molar-refractivity contribution in [2.75, 3.05) is 13.2 Å². The van der Waals surface area contributed by atoms with Gasteiger partial charge in [-0.1, -0.05) is 6.07 Å². The number of aromatic nitrogens is 3. The zero-order valence-corrected chi connectivity index (χ0v) is 17.9. The molecule has 0 bridgehead atoms. The maximum atomic E-state index is 13.5. The third kappa shape index (κ3) is 3.87. The van der Waals surface area contributed by atoms with Gasteiger partial charge in [0.1, 0.15) is 17.4 Å². The van der Waals surface area contributed by atoms with E-state index in [1.807, 2.05) is 16.8 Å². The molecule has 1 aliphatic heterocycles. The van der Waals surface area contributed by atoms with E-state index in [-0.39, 0.29) is 25.2 Å². The molecule has 2 aliphatic rings. The summed E-state index contributed by atoms with van der Waals surface area (Å²) < 4.78 is 46.1. The summed E-state index contributed by atoms with van der Waals surface area (Å²) in [5, 5.41) is 13.7. The van der Waals surface area contributed by atoms with Gasteiger partial charge in [0.2, 0.25) is 0 Å². The first-order valence-corrected chi connectivity index (χ1v) is 10.8. The second-order valence-corrected chi connectivity index (χ2v) is 8.78. The van der Waals surface area contributed by atoms with E-state index in [9.17, 15) is 23.1 Å². The highest BCUT2D eigenvalue weighted by Gasteiger charge is 2.45. The van der Waals surface area contributed by atoms with Gasteiger partial charge in [-0.2, -0.15) is 13.2 Å². The van der Waals surface area contributed by atoms with E-state index in [0.717, 1.165) is 30.7 Å². The van der Waals surface area contributed by atoms with E-state index in [1.165, 1.54) is 6.07 Å². The lowest BCUT2D eigenvalue weighted by Gasteiger charge is -2.42. The van der Waals surface area contributed by atoms with E-state index in [4.69, 9.17) is 4.74 Å². The summed E-state index contributed by atoms with van der Waals surface area (Å²) in [4.78, 5) is 21.5. The lowest BCUT2D eigenvalue weighted by Crippen LogP contribution is -2.58. The molecule has 1 aliphatic carbocycles. The van der Waals surface area contributed by atoms with Crippen LogP contribution in [-0.2, 0) is 16.5 Å². The molecule has 3 aromatic heterocycles. The molecule has 33 heavy (non-hydrogen) atoms. The molecular weight excluding hydrogens is 437 g/mol. The molecule has 0 unspecified atom stereocenters. The number of aliphatic hydroxyl groups is 1. The Morgan fingerprint density at radius 1 is 1.24 bits per heavy atom. The van der Waals surface area contributed by atoms with Crippen molar-refractivity contribution in [3.05, 3.63) is 64.9 Å². The second-order valence-electron chi connectivity index (χ2n) is 8.78. The zero-order chi connectivity index (χ0) is 23.4. The highest BCUT2D eigenvalue weighted by Crippen LogP contribution is 2.40. The van der Waals surface area contributed by atoms with Gasteiger partial charge in [-0.25, -0.2) is 4.98 Å². The standard InChI is InChI=1S/C23H23F3N4O3/c1-13-10-30-11-15(14-2-3-14)8-28-20(30)19(13)21(32)29-22(6-7-33-12-18(22)31)16-4-5-17(27-9-16)23(24,25)26/h4-5,8-11,14,18,31H,2-3,6-7,12H2,1H3,(H,29,32)/t18-,22+/m1/s1. The number of amides is 1. The van der Waals surface area contributed by atoms with Gasteiger partial charge in [0.15, 0.2) is 0 Å². The lowest BCUT2D eigenvalue weighted by atomic mass is 9.80. The number of fused-ring (bicyclic) bond motifs is 1. The number of ether oxygens (including phenoxy) is 1. The maximum Gasteiger partial charge on any atom is 0.433 e. The van der Waals surface area contributed by atoms with Crippen LogP contribution >= 0.6 is 0 Å². The SMILES string of the molecule is Cc1cn2cc(C3CC3)cnc2c1C(=O)N[C@]1(c2ccc(C(F)(F)F)nc2)CCOC[C@H]1O. The van der Waals surface area contributed by atoms with Crippen molar-refractivity contribution in [3.8, 4) is 0 Å². The highest BCUT2D eigenvalue weighted by molar-refractivity contribution is 6.02. The summed E-state index contributed by atoms with van der Waals surface area (Å²) in [6, 6.07) is 2.10. The maximum absolute atomic E-state index is 13.5. The van der Waals surface area contributed by atoms with Crippen LogP contribution in [0.2, 0.25) is 0 Å². The van der Waals surface area contributed by atoms with Crippen LogP contribution < -0.4 is 5.32 Å². The minimum Gasteiger partial charge on any atom is -0.388 e. The quantitative estimate of drug-likeness (QED) is 0.624. The van der Waals surface area contributed by atoms with Crippen molar-refractivity contribution in [1.29, 1.82) is 0 Å². The Hall–Kier alpha value is -2.98. The molecule has 10 heteroatoms. The number of rotatable bonds is 4. The Morgan fingerprint density at radius 3 is 2.67 bits per heavy atom. The van der Waals surface area contributed by atoms with Crippen molar-refractivity contribution >= 4 is 11.6 Å². The van der Waals surface area contributed by atoms with Crippen molar-refractivity contribution in [1.82, 2.24) is 19.7 Å². The van der Waals surface area contributed by atoms with Crippen molar-refractivity contribution in [3.63, 3.8) is 0 Å². The summed E-state index contributed by atoms with van der Waals surface area (Å²) in [6.45, 7) is 1.95. The van der Waals surface area contributed by atoms with Gasteiger partial charge in [0.05, 0.1) is 17.7 Å². The van der Waals surface area contributed by atoms with Gasteiger partial charge in [-0.3, -0.25) is 9.78 Å². The second kappa shape index (κ2) is 7.81. The van der Waals surface area contributed by atoms with E-state index in [2.05, 4.69) is 15.3 Å². The number of hydrogen-bond acceptors (Lipinski definition) is 5. The smallest absolute Gasteiger partial charge is 0.388 e. The predicted octanol–water partition coefficient (Wildman–Crippen LogP) is 3.34. The molecule has 4 heterocycles. The first-order valence-electron chi connectivity index (χ1n) is 10.8. The number of pyridine rings is 1. The molecule has 5 rings (SSSR count). The van der Waals surface area contributed by atoms with E-state index >= 15 is 0 Å². The van der Waals surface area contributed by atoms with Gasteiger partial charge < -0.3 is 19.6 Å². The molecule has 1 saturated carbocycles. The number of hydrogen-bond donors (Lipinski definition) is 2. The molecule has 1 saturated heterocycles. The topological polar surface area (TPSA) is 88.8 Å². The average Bonchev–Trinajstić information content (AvgIpc) is 3.56. The van der Waals surface area contributed by atoms with Gasteiger partial charge in [0.25, 0.3) is 5.91 Å². The van der Waals surface area contributed by atoms with Gasteiger partial charge >= 0.3 is 6.18 Å². The number of carbonyl (C=O) groups is 1. The van der Waals surface area contributed by atoms with Crippen LogP contribution in [0, 0.1) is 6.92 Å². The number of aryl methyl sites for hydroxylation is 1. The van der Waals surface area contributed by atoms with E-state index in [0.29, 0.717) is 22.7 Å². The van der Waals surface area contributed by atoms with Crippen molar-refractivity contribution in [2.24, 2.45) is 0 Å². The number of nitrogens with one attached hydrogen (secondary N) is 1. The van der Waals surface area contributed by atoms with Crippen LogP contribution in [-0.4, -0.2) is 44.7 Å². The van der Waals surface area contributed by atoms with E-state index < -0.39 is 29.4 Å². The molecule has 174 valence electrons. The third-order valence-corrected chi connectivity index (χ3v) is 6.49. The summed E-state index contributed by atoms with van der Waals surface area (Å²) >= 11 is 0. The fourth-order valence-corrected chi connectivity index (χ4v) is 4.49. The minimum absolute atomic E-state index is 0.0697. The number of nitrogens with zero attached hydrogens (tertiary/aromatic N) is 3. The summed E-state index contributed by atoms with van der Waals surface area (Å²) in [7, 11) is 0. The molecule has 2 N–H and O–H groups in total. The van der Waals surface area contributed by atoms with Crippen LogP contribution in [0.4, 0.5) is 13.2 Å². The number of halogens is 3. The van der Waals surface area contributed by atoms with Crippen LogP contribution in [0.1, 0.15) is 57.9 Å². The summed E-state index contributed by atoms with van der Waals surface area (Å²) in [6.07, 6.45) is 3.32. The molecule has 3 aromatic rings. The van der Waals surface area contributed by atoms with Crippen LogP contribution in [0.25, 0.3) is 5.65 Å². The van der Waals surface area contributed by atoms with Crippen LogP contribution in [0.5, 0.6) is 0 Å². The number of carbonyl (C=O) groups excluding carboxylic acids is 1. The fourth-order valence-electron chi connectivity index (χ4n) is 4.49. The Bertz CT molecular complexity index is 1200. The number of alkyl halides is 3. The van der Waals surface area contributed by atoms with E-state index in [1.54, 1.807) is 13.1 Å². The average molecular weight is 460 g/mol. The zero-order valence-electron chi connectivity index (χ0n) is 17.9. The Labute approximate surface area is 187 Å². The molecule has 2 atom stereocenters. The molecule has 0 spiro atoms. The lowest BCUT2D eigenvalue weighted by molar-refractivity contribution is -0.141. The first-order chi connectivity index (χ1) is 15.7. The number of aliphatic hydroxyl groups excluding tert-OH is 1. The molecule has 2 fully saturated rings. The fraction of sp³-hybridized carbons (Fsp3) is 0.435. The summed E-state index contributed by atoms with van der Waals surface area (Å²) in [5.41, 5.74) is 0.559.